The molecule has 1 aromatic heterocycles. The summed E-state index contributed by atoms with van der Waals surface area (Å²) in [5, 5.41) is 3.68. The Kier molecular flexibility index (Phi) is 3.67. The highest BCUT2D eigenvalue weighted by molar-refractivity contribution is 5.63. The van der Waals surface area contributed by atoms with E-state index in [2.05, 4.69) is 5.10 Å². The fraction of sp³-hybridized carbons (Fsp3) is 0.118. The lowest BCUT2D eigenvalue weighted by molar-refractivity contribution is -0.141. The van der Waals surface area contributed by atoms with Crippen LogP contribution < -0.4 is 0 Å². The molecule has 0 spiro atoms. The summed E-state index contributed by atoms with van der Waals surface area (Å²) in [6.07, 6.45) is -4.55. The average Bonchev–Trinajstić information content (AvgIpc) is 2.94. The van der Waals surface area contributed by atoms with Gasteiger partial charge in [0.1, 0.15) is 5.82 Å². The maximum absolute atomic E-state index is 13.1. The Hall–Kier alpha value is -2.63. The van der Waals surface area contributed by atoms with Crippen molar-refractivity contribution in [2.45, 2.75) is 13.1 Å². The standard InChI is InChI=1S/C17H12F4N2/c1-11-2-8-14(9-3-11)23-15(10-16(22-23)17(19,20)21)12-4-6-13(18)7-5-12/h2-10H,1H3. The Balaban J connectivity index is 2.18. The summed E-state index contributed by atoms with van der Waals surface area (Å²) in [5.41, 5.74) is 1.21. The van der Waals surface area contributed by atoms with Crippen molar-refractivity contribution in [3.05, 3.63) is 71.7 Å². The average molecular weight is 320 g/mol. The Morgan fingerprint density at radius 1 is 0.913 bits per heavy atom. The van der Waals surface area contributed by atoms with Gasteiger partial charge in [-0.05, 0) is 49.4 Å². The molecule has 0 aliphatic heterocycles. The lowest BCUT2D eigenvalue weighted by Gasteiger charge is -2.08. The topological polar surface area (TPSA) is 17.8 Å². The van der Waals surface area contributed by atoms with Crippen molar-refractivity contribution in [1.29, 1.82) is 0 Å². The van der Waals surface area contributed by atoms with Crippen LogP contribution in [0.4, 0.5) is 17.6 Å². The molecule has 0 saturated carbocycles. The van der Waals surface area contributed by atoms with Crippen LogP contribution in [0.3, 0.4) is 0 Å². The molecule has 2 aromatic carbocycles. The van der Waals surface area contributed by atoms with E-state index in [1.165, 1.54) is 28.9 Å². The van der Waals surface area contributed by atoms with Crippen LogP contribution in [0.2, 0.25) is 0 Å². The van der Waals surface area contributed by atoms with E-state index in [1.54, 1.807) is 24.3 Å². The van der Waals surface area contributed by atoms with Gasteiger partial charge >= 0.3 is 6.18 Å². The molecule has 0 saturated heterocycles. The zero-order valence-electron chi connectivity index (χ0n) is 12.1. The first-order valence-corrected chi connectivity index (χ1v) is 6.85. The molecule has 23 heavy (non-hydrogen) atoms. The van der Waals surface area contributed by atoms with Crippen LogP contribution in [-0.2, 0) is 6.18 Å². The molecule has 3 aromatic rings. The van der Waals surface area contributed by atoms with Crippen molar-refractivity contribution in [2.24, 2.45) is 0 Å². The normalized spacial score (nSPS) is 11.7. The number of nitrogens with zero attached hydrogens (tertiary/aromatic N) is 2. The van der Waals surface area contributed by atoms with E-state index in [4.69, 9.17) is 0 Å². The number of aromatic nitrogens is 2. The molecular formula is C17H12F4N2. The van der Waals surface area contributed by atoms with Crippen LogP contribution in [-0.4, -0.2) is 9.78 Å². The molecule has 0 unspecified atom stereocenters. The van der Waals surface area contributed by atoms with Crippen molar-refractivity contribution in [3.8, 4) is 16.9 Å². The molecule has 0 radical (unpaired) electrons. The van der Waals surface area contributed by atoms with E-state index in [-0.39, 0.29) is 5.69 Å². The number of aryl methyl sites for hydroxylation is 1. The Morgan fingerprint density at radius 2 is 1.52 bits per heavy atom. The zero-order chi connectivity index (χ0) is 16.6. The number of alkyl halides is 3. The van der Waals surface area contributed by atoms with Crippen molar-refractivity contribution in [3.63, 3.8) is 0 Å². The Morgan fingerprint density at radius 3 is 2.09 bits per heavy atom. The van der Waals surface area contributed by atoms with E-state index in [0.717, 1.165) is 11.6 Å². The third-order valence-corrected chi connectivity index (χ3v) is 3.42. The van der Waals surface area contributed by atoms with Crippen LogP contribution >= 0.6 is 0 Å². The zero-order valence-corrected chi connectivity index (χ0v) is 12.1. The largest absolute Gasteiger partial charge is 0.435 e. The highest BCUT2D eigenvalue weighted by atomic mass is 19.4. The van der Waals surface area contributed by atoms with E-state index in [1.807, 2.05) is 6.92 Å². The Labute approximate surface area is 130 Å². The second kappa shape index (κ2) is 5.53. The van der Waals surface area contributed by atoms with Gasteiger partial charge in [0.05, 0.1) is 11.4 Å². The van der Waals surface area contributed by atoms with Gasteiger partial charge < -0.3 is 0 Å². The molecule has 0 amide bonds. The number of hydrogen-bond donors (Lipinski definition) is 0. The van der Waals surface area contributed by atoms with E-state index in [9.17, 15) is 17.6 Å². The van der Waals surface area contributed by atoms with Gasteiger partial charge in [0.25, 0.3) is 0 Å². The summed E-state index contributed by atoms with van der Waals surface area (Å²) in [6.45, 7) is 1.88. The monoisotopic (exact) mass is 320 g/mol. The molecule has 3 rings (SSSR count). The third kappa shape index (κ3) is 3.11. The number of halogens is 4. The fourth-order valence-electron chi connectivity index (χ4n) is 2.23. The van der Waals surface area contributed by atoms with E-state index >= 15 is 0 Å². The fourth-order valence-corrected chi connectivity index (χ4v) is 2.23. The van der Waals surface area contributed by atoms with Gasteiger partial charge in [-0.25, -0.2) is 9.07 Å². The first-order valence-electron chi connectivity index (χ1n) is 6.85. The molecule has 1 heterocycles. The van der Waals surface area contributed by atoms with Crippen molar-refractivity contribution in [1.82, 2.24) is 9.78 Å². The second-order valence-electron chi connectivity index (χ2n) is 5.17. The molecule has 2 nitrogen and oxygen atoms in total. The first kappa shape index (κ1) is 15.3. The maximum Gasteiger partial charge on any atom is 0.435 e. The van der Waals surface area contributed by atoms with Gasteiger partial charge in [-0.15, -0.1) is 0 Å². The van der Waals surface area contributed by atoms with Crippen LogP contribution in [0.25, 0.3) is 16.9 Å². The minimum Gasteiger partial charge on any atom is -0.233 e. The molecule has 0 bridgehead atoms. The van der Waals surface area contributed by atoms with E-state index in [0.29, 0.717) is 11.3 Å². The molecule has 0 aliphatic rings. The number of hydrogen-bond acceptors (Lipinski definition) is 1. The number of rotatable bonds is 2. The smallest absolute Gasteiger partial charge is 0.233 e. The van der Waals surface area contributed by atoms with Crippen LogP contribution in [0.15, 0.2) is 54.6 Å². The van der Waals surface area contributed by atoms with Crippen molar-refractivity contribution >= 4 is 0 Å². The first-order chi connectivity index (χ1) is 10.8. The summed E-state index contributed by atoms with van der Waals surface area (Å²) in [6, 6.07) is 13.2. The lowest BCUT2D eigenvalue weighted by Crippen LogP contribution is -2.07. The summed E-state index contributed by atoms with van der Waals surface area (Å²) in [7, 11) is 0. The highest BCUT2D eigenvalue weighted by Crippen LogP contribution is 2.33. The van der Waals surface area contributed by atoms with Gasteiger partial charge in [0.2, 0.25) is 0 Å². The van der Waals surface area contributed by atoms with Crippen LogP contribution in [0.5, 0.6) is 0 Å². The summed E-state index contributed by atoms with van der Waals surface area (Å²) >= 11 is 0. The quantitative estimate of drug-likeness (QED) is 0.607. The van der Waals surface area contributed by atoms with Gasteiger partial charge in [0, 0.05) is 5.56 Å². The number of benzene rings is 2. The van der Waals surface area contributed by atoms with Crippen LogP contribution in [0, 0.1) is 12.7 Å². The molecule has 118 valence electrons. The van der Waals surface area contributed by atoms with Gasteiger partial charge in [-0.2, -0.15) is 18.3 Å². The summed E-state index contributed by atoms with van der Waals surface area (Å²) in [4.78, 5) is 0. The van der Waals surface area contributed by atoms with Crippen LogP contribution in [0.1, 0.15) is 11.3 Å². The highest BCUT2D eigenvalue weighted by Gasteiger charge is 2.35. The lowest BCUT2D eigenvalue weighted by atomic mass is 10.1. The maximum atomic E-state index is 13.1. The summed E-state index contributed by atoms with van der Waals surface area (Å²) < 4.78 is 53.3. The Bertz CT molecular complexity index is 752. The predicted octanol–water partition coefficient (Wildman–Crippen LogP) is 5.01. The van der Waals surface area contributed by atoms with Gasteiger partial charge in [0.15, 0.2) is 5.69 Å². The molecule has 0 fully saturated rings. The van der Waals surface area contributed by atoms with Crippen molar-refractivity contribution < 1.29 is 17.6 Å². The minimum absolute atomic E-state index is 0.251. The third-order valence-electron chi connectivity index (χ3n) is 3.42. The minimum atomic E-state index is -4.55. The molecule has 0 atom stereocenters. The van der Waals surface area contributed by atoms with E-state index < -0.39 is 17.7 Å². The van der Waals surface area contributed by atoms with Gasteiger partial charge in [-0.3, -0.25) is 0 Å². The summed E-state index contributed by atoms with van der Waals surface area (Å²) in [5.74, 6) is -0.453. The van der Waals surface area contributed by atoms with Crippen molar-refractivity contribution in [2.75, 3.05) is 0 Å². The molecule has 6 heteroatoms. The van der Waals surface area contributed by atoms with Gasteiger partial charge in [-0.1, -0.05) is 17.7 Å². The molecular weight excluding hydrogens is 308 g/mol. The second-order valence-corrected chi connectivity index (χ2v) is 5.17. The molecule has 0 aliphatic carbocycles. The molecule has 0 N–H and O–H groups in total. The SMILES string of the molecule is Cc1ccc(-n2nc(C(F)(F)F)cc2-c2ccc(F)cc2)cc1. The predicted molar refractivity (Wildman–Crippen MR) is 78.7 cm³/mol.